The van der Waals surface area contributed by atoms with Gasteiger partial charge in [0, 0.05) is 12.2 Å². The first-order chi connectivity index (χ1) is 9.04. The van der Waals surface area contributed by atoms with Crippen LogP contribution in [0.4, 0.5) is 0 Å². The van der Waals surface area contributed by atoms with Gasteiger partial charge in [-0.05, 0) is 43.0 Å². The largest absolute Gasteiger partial charge is 0.477 e. The van der Waals surface area contributed by atoms with E-state index in [1.54, 1.807) is 0 Å². The van der Waals surface area contributed by atoms with Crippen LogP contribution in [0.1, 0.15) is 39.8 Å². The summed E-state index contributed by atoms with van der Waals surface area (Å²) >= 11 is 0. The minimum absolute atomic E-state index is 0.420. The monoisotopic (exact) mass is 257 g/mol. The second-order valence-electron chi connectivity index (χ2n) is 4.83. The fraction of sp³-hybridized carbons (Fsp3) is 0.312. The third kappa shape index (κ3) is 2.55. The molecule has 1 heterocycles. The van der Waals surface area contributed by atoms with Crippen molar-refractivity contribution in [3.05, 3.63) is 58.4 Å². The minimum Gasteiger partial charge on any atom is -0.477 e. The van der Waals surface area contributed by atoms with Crippen molar-refractivity contribution in [1.82, 2.24) is 4.57 Å². The van der Waals surface area contributed by atoms with Crippen LogP contribution in [0, 0.1) is 13.8 Å². The van der Waals surface area contributed by atoms with Gasteiger partial charge < -0.3 is 9.67 Å². The van der Waals surface area contributed by atoms with Crippen LogP contribution in [0.3, 0.4) is 0 Å². The molecule has 2 aromatic rings. The summed E-state index contributed by atoms with van der Waals surface area (Å²) in [5.74, 6) is -0.849. The van der Waals surface area contributed by atoms with Crippen molar-refractivity contribution in [2.24, 2.45) is 0 Å². The topological polar surface area (TPSA) is 42.2 Å². The molecule has 0 radical (unpaired) electrons. The van der Waals surface area contributed by atoms with Gasteiger partial charge in [0.15, 0.2) is 0 Å². The molecule has 0 saturated heterocycles. The van der Waals surface area contributed by atoms with Crippen molar-refractivity contribution in [2.75, 3.05) is 0 Å². The Balaban J connectivity index is 2.48. The van der Waals surface area contributed by atoms with Crippen LogP contribution >= 0.6 is 0 Å². The summed E-state index contributed by atoms with van der Waals surface area (Å²) in [6, 6.07) is 10.1. The van der Waals surface area contributed by atoms with Crippen molar-refractivity contribution in [3.63, 3.8) is 0 Å². The molecule has 0 saturated carbocycles. The van der Waals surface area contributed by atoms with E-state index in [4.69, 9.17) is 0 Å². The van der Waals surface area contributed by atoms with Crippen LogP contribution in [0.2, 0.25) is 0 Å². The fourth-order valence-corrected chi connectivity index (χ4v) is 2.43. The van der Waals surface area contributed by atoms with Gasteiger partial charge in [-0.1, -0.05) is 31.2 Å². The van der Waals surface area contributed by atoms with Crippen LogP contribution in [-0.2, 0) is 13.0 Å². The molecule has 0 aliphatic rings. The Kier molecular flexibility index (Phi) is 3.74. The van der Waals surface area contributed by atoms with Gasteiger partial charge >= 0.3 is 5.97 Å². The molecular weight excluding hydrogens is 238 g/mol. The van der Waals surface area contributed by atoms with E-state index in [2.05, 4.69) is 13.0 Å². The molecule has 3 heteroatoms. The van der Waals surface area contributed by atoms with E-state index in [0.29, 0.717) is 12.2 Å². The summed E-state index contributed by atoms with van der Waals surface area (Å²) < 4.78 is 1.89. The highest BCUT2D eigenvalue weighted by molar-refractivity contribution is 5.88. The van der Waals surface area contributed by atoms with E-state index in [-0.39, 0.29) is 0 Å². The third-order valence-electron chi connectivity index (χ3n) is 3.56. The maximum Gasteiger partial charge on any atom is 0.352 e. The molecule has 1 aromatic carbocycles. The van der Waals surface area contributed by atoms with E-state index >= 15 is 0 Å². The van der Waals surface area contributed by atoms with Crippen LogP contribution in [0.5, 0.6) is 0 Å². The Morgan fingerprint density at radius 2 is 1.89 bits per heavy atom. The number of hydrogen-bond acceptors (Lipinski definition) is 1. The van der Waals surface area contributed by atoms with Gasteiger partial charge in [0.25, 0.3) is 0 Å². The lowest BCUT2D eigenvalue weighted by molar-refractivity contribution is 0.0684. The Morgan fingerprint density at radius 3 is 2.47 bits per heavy atom. The lowest BCUT2D eigenvalue weighted by atomic mass is 10.1. The van der Waals surface area contributed by atoms with Gasteiger partial charge in [0.1, 0.15) is 5.69 Å². The van der Waals surface area contributed by atoms with Crippen molar-refractivity contribution in [3.8, 4) is 0 Å². The molecule has 0 aliphatic carbocycles. The molecule has 0 bridgehead atoms. The first kappa shape index (κ1) is 13.4. The zero-order valence-electron chi connectivity index (χ0n) is 11.6. The van der Waals surface area contributed by atoms with Crippen LogP contribution in [0.15, 0.2) is 30.3 Å². The summed E-state index contributed by atoms with van der Waals surface area (Å²) in [5.41, 5.74) is 4.66. The Labute approximate surface area is 113 Å². The number of carboxylic acids is 1. The average molecular weight is 257 g/mol. The number of aromatic carboxylic acids is 1. The number of aromatic nitrogens is 1. The van der Waals surface area contributed by atoms with Crippen molar-refractivity contribution < 1.29 is 9.90 Å². The van der Waals surface area contributed by atoms with Crippen molar-refractivity contribution >= 4 is 5.97 Å². The lowest BCUT2D eigenvalue weighted by Gasteiger charge is -2.12. The molecule has 0 unspecified atom stereocenters. The Bertz CT molecular complexity index is 611. The first-order valence-corrected chi connectivity index (χ1v) is 6.51. The number of carbonyl (C=O) groups is 1. The number of rotatable bonds is 4. The quantitative estimate of drug-likeness (QED) is 0.912. The Hall–Kier alpha value is -2.03. The molecular formula is C16H19NO2. The minimum atomic E-state index is -0.849. The molecule has 3 nitrogen and oxygen atoms in total. The van der Waals surface area contributed by atoms with E-state index < -0.39 is 5.97 Å². The summed E-state index contributed by atoms with van der Waals surface area (Å²) in [6.07, 6.45) is 0.739. The predicted octanol–water partition coefficient (Wildman–Crippen LogP) is 3.41. The summed E-state index contributed by atoms with van der Waals surface area (Å²) in [5, 5.41) is 9.42. The molecule has 0 atom stereocenters. The molecule has 2 rings (SSSR count). The molecule has 100 valence electrons. The first-order valence-electron chi connectivity index (χ1n) is 6.51. The molecule has 0 fully saturated rings. The normalized spacial score (nSPS) is 10.7. The van der Waals surface area contributed by atoms with Gasteiger partial charge in [0.05, 0.1) is 0 Å². The maximum absolute atomic E-state index is 11.5. The molecule has 0 aliphatic heterocycles. The SMILES string of the molecule is CCc1cc(C)n(Cc2ccccc2C)c1C(=O)O. The van der Waals surface area contributed by atoms with E-state index in [0.717, 1.165) is 23.2 Å². The molecule has 1 aromatic heterocycles. The van der Waals surface area contributed by atoms with Gasteiger partial charge in [-0.3, -0.25) is 0 Å². The summed E-state index contributed by atoms with van der Waals surface area (Å²) in [4.78, 5) is 11.5. The number of hydrogen-bond donors (Lipinski definition) is 1. The third-order valence-corrected chi connectivity index (χ3v) is 3.56. The highest BCUT2D eigenvalue weighted by Crippen LogP contribution is 2.20. The summed E-state index contributed by atoms with van der Waals surface area (Å²) in [6.45, 7) is 6.61. The van der Waals surface area contributed by atoms with E-state index in [1.807, 2.05) is 42.7 Å². The molecule has 0 spiro atoms. The summed E-state index contributed by atoms with van der Waals surface area (Å²) in [7, 11) is 0. The molecule has 0 amide bonds. The molecule has 1 N–H and O–H groups in total. The maximum atomic E-state index is 11.5. The van der Waals surface area contributed by atoms with Crippen molar-refractivity contribution in [1.29, 1.82) is 0 Å². The number of carboxylic acid groups (broad SMARTS) is 1. The number of benzene rings is 1. The zero-order chi connectivity index (χ0) is 14.0. The molecule has 19 heavy (non-hydrogen) atoms. The van der Waals surface area contributed by atoms with Crippen molar-refractivity contribution in [2.45, 2.75) is 33.7 Å². The zero-order valence-corrected chi connectivity index (χ0v) is 11.6. The smallest absolute Gasteiger partial charge is 0.352 e. The number of nitrogens with zero attached hydrogens (tertiary/aromatic N) is 1. The highest BCUT2D eigenvalue weighted by Gasteiger charge is 2.18. The predicted molar refractivity (Wildman–Crippen MR) is 75.8 cm³/mol. The highest BCUT2D eigenvalue weighted by atomic mass is 16.4. The second kappa shape index (κ2) is 5.31. The van der Waals surface area contributed by atoms with E-state index in [1.165, 1.54) is 5.56 Å². The second-order valence-corrected chi connectivity index (χ2v) is 4.83. The standard InChI is InChI=1S/C16H19NO2/c1-4-13-9-12(3)17(15(13)16(18)19)10-14-8-6-5-7-11(14)2/h5-9H,4,10H2,1-3H3,(H,18,19). The van der Waals surface area contributed by atoms with Crippen LogP contribution in [-0.4, -0.2) is 15.6 Å². The van der Waals surface area contributed by atoms with Gasteiger partial charge in [-0.15, -0.1) is 0 Å². The van der Waals surface area contributed by atoms with Gasteiger partial charge in [-0.25, -0.2) is 4.79 Å². The lowest BCUT2D eigenvalue weighted by Crippen LogP contribution is -2.13. The van der Waals surface area contributed by atoms with Crippen LogP contribution in [0.25, 0.3) is 0 Å². The van der Waals surface area contributed by atoms with Gasteiger partial charge in [0.2, 0.25) is 0 Å². The number of aryl methyl sites for hydroxylation is 3. The fourth-order valence-electron chi connectivity index (χ4n) is 2.43. The van der Waals surface area contributed by atoms with Gasteiger partial charge in [-0.2, -0.15) is 0 Å². The Morgan fingerprint density at radius 1 is 1.21 bits per heavy atom. The van der Waals surface area contributed by atoms with E-state index in [9.17, 15) is 9.90 Å². The average Bonchev–Trinajstić information content (AvgIpc) is 2.69. The van der Waals surface area contributed by atoms with Crippen LogP contribution < -0.4 is 0 Å².